The number of aryl methyl sites for hydroxylation is 2. The molecule has 0 fully saturated rings. The Balaban J connectivity index is 2.62. The summed E-state index contributed by atoms with van der Waals surface area (Å²) in [5.74, 6) is -0.170. The first-order valence-corrected chi connectivity index (χ1v) is 6.84. The van der Waals surface area contributed by atoms with Crippen molar-refractivity contribution in [2.45, 2.75) is 19.6 Å². The molecule has 2 rings (SSSR count). The molecule has 0 aliphatic rings. The maximum absolute atomic E-state index is 11.0. The standard InChI is InChI=1S/C8H11N3O2S2/c1-5-3-11-7(4-15(9,12)13)6(2)10-8(11)14-5/h3H,4H2,1-2H3,(H2,9,12,13). The van der Waals surface area contributed by atoms with E-state index >= 15 is 0 Å². The van der Waals surface area contributed by atoms with Gasteiger partial charge in [0, 0.05) is 11.1 Å². The van der Waals surface area contributed by atoms with E-state index in [1.165, 1.54) is 11.3 Å². The fourth-order valence-corrected chi connectivity index (χ4v) is 3.09. The maximum Gasteiger partial charge on any atom is 0.214 e. The first kappa shape index (κ1) is 10.6. The Hall–Kier alpha value is -0.920. The molecule has 0 saturated heterocycles. The minimum absolute atomic E-state index is 0.170. The van der Waals surface area contributed by atoms with Gasteiger partial charge in [0.2, 0.25) is 10.0 Å². The molecule has 7 heteroatoms. The van der Waals surface area contributed by atoms with Crippen LogP contribution in [0.1, 0.15) is 16.3 Å². The molecule has 0 spiro atoms. The highest BCUT2D eigenvalue weighted by atomic mass is 32.2. The summed E-state index contributed by atoms with van der Waals surface area (Å²) < 4.78 is 23.9. The third kappa shape index (κ3) is 2.04. The van der Waals surface area contributed by atoms with E-state index in [1.54, 1.807) is 11.3 Å². The Morgan fingerprint density at radius 2 is 2.20 bits per heavy atom. The highest BCUT2D eigenvalue weighted by Crippen LogP contribution is 2.21. The largest absolute Gasteiger partial charge is 0.293 e. The van der Waals surface area contributed by atoms with Gasteiger partial charge in [-0.3, -0.25) is 4.40 Å². The summed E-state index contributed by atoms with van der Waals surface area (Å²) >= 11 is 1.53. The Labute approximate surface area is 91.6 Å². The van der Waals surface area contributed by atoms with Crippen LogP contribution in [-0.2, 0) is 15.8 Å². The zero-order valence-corrected chi connectivity index (χ0v) is 10.0. The Morgan fingerprint density at radius 1 is 1.53 bits per heavy atom. The van der Waals surface area contributed by atoms with E-state index in [1.807, 2.05) is 13.1 Å². The van der Waals surface area contributed by atoms with Crippen LogP contribution >= 0.6 is 11.3 Å². The number of nitrogens with two attached hydrogens (primary N) is 1. The predicted octanol–water partition coefficient (Wildman–Crippen LogP) is 0.801. The summed E-state index contributed by atoms with van der Waals surface area (Å²) in [5, 5.41) is 5.03. The molecule has 0 radical (unpaired) electrons. The maximum atomic E-state index is 11.0. The van der Waals surface area contributed by atoms with Gasteiger partial charge in [-0.1, -0.05) is 0 Å². The number of imidazole rings is 1. The van der Waals surface area contributed by atoms with Crippen LogP contribution in [0.15, 0.2) is 6.20 Å². The van der Waals surface area contributed by atoms with Crippen molar-refractivity contribution in [2.24, 2.45) is 5.14 Å². The molecule has 2 aromatic heterocycles. The quantitative estimate of drug-likeness (QED) is 0.850. The average Bonchev–Trinajstić information content (AvgIpc) is 2.50. The lowest BCUT2D eigenvalue weighted by Gasteiger charge is -1.98. The van der Waals surface area contributed by atoms with Gasteiger partial charge >= 0.3 is 0 Å². The lowest BCUT2D eigenvalue weighted by atomic mass is 10.4. The second-order valence-electron chi connectivity index (χ2n) is 3.45. The van der Waals surface area contributed by atoms with E-state index in [0.29, 0.717) is 5.69 Å². The first-order chi connectivity index (χ1) is 6.87. The number of sulfonamides is 1. The summed E-state index contributed by atoms with van der Waals surface area (Å²) in [7, 11) is -3.51. The number of rotatable bonds is 2. The van der Waals surface area contributed by atoms with Crippen molar-refractivity contribution < 1.29 is 8.42 Å². The molecule has 2 N–H and O–H groups in total. The molecule has 2 heterocycles. The van der Waals surface area contributed by atoms with Crippen molar-refractivity contribution in [3.63, 3.8) is 0 Å². The number of primary sulfonamides is 1. The SMILES string of the molecule is Cc1cn2c(CS(N)(=O)=O)c(C)nc2s1. The van der Waals surface area contributed by atoms with E-state index in [-0.39, 0.29) is 5.75 Å². The van der Waals surface area contributed by atoms with Crippen LogP contribution in [0.5, 0.6) is 0 Å². The molecule has 15 heavy (non-hydrogen) atoms. The van der Waals surface area contributed by atoms with Crippen LogP contribution in [0.4, 0.5) is 0 Å². The van der Waals surface area contributed by atoms with Crippen molar-refractivity contribution in [3.8, 4) is 0 Å². The van der Waals surface area contributed by atoms with Gasteiger partial charge in [-0.25, -0.2) is 18.5 Å². The Kier molecular flexibility index (Phi) is 2.32. The first-order valence-electron chi connectivity index (χ1n) is 4.31. The number of hydrogen-bond acceptors (Lipinski definition) is 4. The average molecular weight is 245 g/mol. The van der Waals surface area contributed by atoms with Gasteiger partial charge < -0.3 is 0 Å². The van der Waals surface area contributed by atoms with Crippen LogP contribution in [0.3, 0.4) is 0 Å². The molecular formula is C8H11N3O2S2. The molecule has 0 aliphatic carbocycles. The zero-order valence-electron chi connectivity index (χ0n) is 8.39. The number of aromatic nitrogens is 2. The van der Waals surface area contributed by atoms with Crippen molar-refractivity contribution in [3.05, 3.63) is 22.5 Å². The molecule has 0 aromatic carbocycles. The minimum Gasteiger partial charge on any atom is -0.293 e. The van der Waals surface area contributed by atoms with Crippen LogP contribution in [0, 0.1) is 13.8 Å². The van der Waals surface area contributed by atoms with Gasteiger partial charge in [0.1, 0.15) is 5.75 Å². The van der Waals surface area contributed by atoms with Crippen LogP contribution < -0.4 is 5.14 Å². The predicted molar refractivity (Wildman–Crippen MR) is 59.4 cm³/mol. The molecule has 0 saturated carbocycles. The highest BCUT2D eigenvalue weighted by molar-refractivity contribution is 7.88. The van der Waals surface area contributed by atoms with Gasteiger partial charge in [0.25, 0.3) is 0 Å². The molecule has 5 nitrogen and oxygen atoms in total. The van der Waals surface area contributed by atoms with Gasteiger partial charge in [-0.05, 0) is 13.8 Å². The zero-order chi connectivity index (χ0) is 11.2. The summed E-state index contributed by atoms with van der Waals surface area (Å²) in [6.45, 7) is 3.74. The van der Waals surface area contributed by atoms with Crippen molar-refractivity contribution in [2.75, 3.05) is 0 Å². The molecule has 82 valence electrons. The van der Waals surface area contributed by atoms with E-state index < -0.39 is 10.0 Å². The van der Waals surface area contributed by atoms with Crippen molar-refractivity contribution in [1.82, 2.24) is 9.38 Å². The lowest BCUT2D eigenvalue weighted by molar-refractivity contribution is 0.596. The summed E-state index contributed by atoms with van der Waals surface area (Å²) in [5.41, 5.74) is 1.37. The van der Waals surface area contributed by atoms with Gasteiger partial charge in [-0.2, -0.15) is 0 Å². The van der Waals surface area contributed by atoms with Crippen LogP contribution in [0.2, 0.25) is 0 Å². The number of nitrogens with zero attached hydrogens (tertiary/aromatic N) is 2. The van der Waals surface area contributed by atoms with E-state index in [0.717, 1.165) is 15.5 Å². The van der Waals surface area contributed by atoms with E-state index in [2.05, 4.69) is 4.98 Å². The normalized spacial score (nSPS) is 12.5. The fraction of sp³-hybridized carbons (Fsp3) is 0.375. The smallest absolute Gasteiger partial charge is 0.214 e. The Bertz CT molecular complexity index is 609. The second kappa shape index (κ2) is 3.29. The number of hydrogen-bond donors (Lipinski definition) is 1. The summed E-state index contributed by atoms with van der Waals surface area (Å²) in [6, 6.07) is 0. The minimum atomic E-state index is -3.51. The van der Waals surface area contributed by atoms with E-state index in [4.69, 9.17) is 5.14 Å². The number of thiazole rings is 1. The molecule has 0 unspecified atom stereocenters. The van der Waals surface area contributed by atoms with Crippen LogP contribution in [-0.4, -0.2) is 17.8 Å². The van der Waals surface area contributed by atoms with Crippen molar-refractivity contribution >= 4 is 26.3 Å². The molecule has 0 amide bonds. The van der Waals surface area contributed by atoms with E-state index in [9.17, 15) is 8.42 Å². The fourth-order valence-electron chi connectivity index (χ4n) is 1.47. The molecular weight excluding hydrogens is 234 g/mol. The van der Waals surface area contributed by atoms with Gasteiger partial charge in [0.05, 0.1) is 11.4 Å². The van der Waals surface area contributed by atoms with Crippen LogP contribution in [0.25, 0.3) is 4.96 Å². The summed E-state index contributed by atoms with van der Waals surface area (Å²) in [4.78, 5) is 6.18. The second-order valence-corrected chi connectivity index (χ2v) is 6.27. The Morgan fingerprint density at radius 3 is 2.80 bits per heavy atom. The van der Waals surface area contributed by atoms with Gasteiger partial charge in [-0.15, -0.1) is 11.3 Å². The molecule has 2 aromatic rings. The molecule has 0 atom stereocenters. The summed E-state index contributed by atoms with van der Waals surface area (Å²) in [6.07, 6.45) is 1.88. The molecule has 0 bridgehead atoms. The highest BCUT2D eigenvalue weighted by Gasteiger charge is 2.15. The topological polar surface area (TPSA) is 77.5 Å². The third-order valence-corrected chi connectivity index (χ3v) is 3.65. The van der Waals surface area contributed by atoms with Crippen molar-refractivity contribution in [1.29, 1.82) is 0 Å². The third-order valence-electron chi connectivity index (χ3n) is 2.08. The lowest BCUT2D eigenvalue weighted by Crippen LogP contribution is -2.16. The number of fused-ring (bicyclic) bond motifs is 1. The van der Waals surface area contributed by atoms with Gasteiger partial charge in [0.15, 0.2) is 4.96 Å². The monoisotopic (exact) mass is 245 g/mol. The molecule has 0 aliphatic heterocycles.